The molecule has 0 aliphatic heterocycles. The molecule has 8 nitrogen and oxygen atoms in total. The highest BCUT2D eigenvalue weighted by atomic mass is 16.5. The molecule has 1 heterocycles. The van der Waals surface area contributed by atoms with E-state index < -0.39 is 0 Å². The van der Waals surface area contributed by atoms with E-state index >= 15 is 0 Å². The Balaban J connectivity index is 3.03. The summed E-state index contributed by atoms with van der Waals surface area (Å²) in [5.41, 5.74) is 2.36. The van der Waals surface area contributed by atoms with Crippen LogP contribution in [0.15, 0.2) is 0 Å². The van der Waals surface area contributed by atoms with Crippen LogP contribution in [0.5, 0.6) is 6.01 Å². The van der Waals surface area contributed by atoms with Gasteiger partial charge in [0.25, 0.3) is 0 Å². The fraction of sp³-hybridized carbons (Fsp3) is 0.700. The van der Waals surface area contributed by atoms with E-state index in [0.29, 0.717) is 5.95 Å². The third-order valence-corrected chi connectivity index (χ3v) is 2.31. The number of anilines is 2. The van der Waals surface area contributed by atoms with Crippen molar-refractivity contribution in [3.05, 3.63) is 0 Å². The summed E-state index contributed by atoms with van der Waals surface area (Å²) in [6.07, 6.45) is -0.0496. The molecule has 1 rings (SSSR count). The van der Waals surface area contributed by atoms with Crippen LogP contribution in [-0.2, 0) is 0 Å². The highest BCUT2D eigenvalue weighted by molar-refractivity contribution is 5.37. The molecule has 102 valence electrons. The summed E-state index contributed by atoms with van der Waals surface area (Å²) in [5.74, 6) is 5.90. The van der Waals surface area contributed by atoms with Crippen LogP contribution in [0.4, 0.5) is 11.9 Å². The molecule has 0 saturated carbocycles. The van der Waals surface area contributed by atoms with E-state index in [2.05, 4.69) is 20.4 Å². The van der Waals surface area contributed by atoms with Crippen molar-refractivity contribution in [3.63, 3.8) is 0 Å². The smallest absolute Gasteiger partial charge is 0.323 e. The van der Waals surface area contributed by atoms with Gasteiger partial charge in [0, 0.05) is 7.05 Å². The predicted molar refractivity (Wildman–Crippen MR) is 68.4 cm³/mol. The van der Waals surface area contributed by atoms with Crippen molar-refractivity contribution in [3.8, 4) is 6.01 Å². The van der Waals surface area contributed by atoms with Gasteiger partial charge in [-0.25, -0.2) is 5.84 Å². The molecular formula is C10H20N6O2. The van der Waals surface area contributed by atoms with Gasteiger partial charge in [0.05, 0.1) is 18.8 Å². The molecule has 1 unspecified atom stereocenters. The maximum absolute atomic E-state index is 9.12. The standard InChI is InChI=1S/C10H20N6O2/c1-6(2)18-10-13-8(15-11)12-9(14-10)16(4)7(3)5-17/h6-7,17H,5,11H2,1-4H3,(H,12,13,14,15). The van der Waals surface area contributed by atoms with Crippen LogP contribution in [0.1, 0.15) is 20.8 Å². The number of nitrogens with two attached hydrogens (primary N) is 1. The van der Waals surface area contributed by atoms with E-state index in [4.69, 9.17) is 15.7 Å². The summed E-state index contributed by atoms with van der Waals surface area (Å²) >= 11 is 0. The topological polar surface area (TPSA) is 109 Å². The van der Waals surface area contributed by atoms with E-state index in [1.54, 1.807) is 11.9 Å². The Kier molecular flexibility index (Phi) is 5.05. The number of ether oxygens (including phenoxy) is 1. The Morgan fingerprint density at radius 3 is 2.50 bits per heavy atom. The first-order valence-electron chi connectivity index (χ1n) is 5.71. The molecule has 1 atom stereocenters. The minimum absolute atomic E-state index is 0.00601. The molecule has 0 fully saturated rings. The molecule has 0 saturated heterocycles. The summed E-state index contributed by atoms with van der Waals surface area (Å²) in [6.45, 7) is 5.59. The molecule has 0 radical (unpaired) electrons. The number of nitrogens with zero attached hydrogens (tertiary/aromatic N) is 4. The quantitative estimate of drug-likeness (QED) is 0.472. The van der Waals surface area contributed by atoms with E-state index in [9.17, 15) is 0 Å². The highest BCUT2D eigenvalue weighted by Gasteiger charge is 2.15. The van der Waals surface area contributed by atoms with Crippen molar-refractivity contribution in [2.75, 3.05) is 24.0 Å². The average Bonchev–Trinajstić information content (AvgIpc) is 2.35. The summed E-state index contributed by atoms with van der Waals surface area (Å²) in [6, 6.07) is 0.0739. The van der Waals surface area contributed by atoms with Crippen LogP contribution in [0.3, 0.4) is 0 Å². The number of aliphatic hydroxyl groups excluding tert-OH is 1. The van der Waals surface area contributed by atoms with Crippen LogP contribution in [0.25, 0.3) is 0 Å². The fourth-order valence-electron chi connectivity index (χ4n) is 1.15. The van der Waals surface area contributed by atoms with Gasteiger partial charge < -0.3 is 14.7 Å². The maximum atomic E-state index is 9.12. The first-order valence-corrected chi connectivity index (χ1v) is 5.71. The molecule has 8 heteroatoms. The Bertz CT molecular complexity index is 387. The second kappa shape index (κ2) is 6.31. The predicted octanol–water partition coefficient (Wildman–Crippen LogP) is -0.239. The van der Waals surface area contributed by atoms with E-state index in [1.807, 2.05) is 20.8 Å². The van der Waals surface area contributed by atoms with Crippen molar-refractivity contribution in [2.24, 2.45) is 5.84 Å². The second-order valence-electron chi connectivity index (χ2n) is 4.20. The average molecular weight is 256 g/mol. The van der Waals surface area contributed by atoms with Crippen LogP contribution < -0.4 is 20.9 Å². The molecule has 0 aliphatic rings. The van der Waals surface area contributed by atoms with Gasteiger partial charge in [0.2, 0.25) is 11.9 Å². The molecule has 1 aromatic heterocycles. The Morgan fingerprint density at radius 1 is 1.33 bits per heavy atom. The Labute approximate surface area is 106 Å². The molecule has 0 aromatic carbocycles. The van der Waals surface area contributed by atoms with Crippen molar-refractivity contribution in [1.29, 1.82) is 0 Å². The number of aromatic nitrogens is 3. The van der Waals surface area contributed by atoms with Crippen LogP contribution in [0, 0.1) is 0 Å². The largest absolute Gasteiger partial charge is 0.461 e. The number of aliphatic hydroxyl groups is 1. The van der Waals surface area contributed by atoms with Gasteiger partial charge in [-0.1, -0.05) is 0 Å². The van der Waals surface area contributed by atoms with Crippen LogP contribution in [-0.4, -0.2) is 45.9 Å². The third-order valence-electron chi connectivity index (χ3n) is 2.31. The van der Waals surface area contributed by atoms with Crippen molar-refractivity contribution in [2.45, 2.75) is 32.9 Å². The van der Waals surface area contributed by atoms with Crippen molar-refractivity contribution < 1.29 is 9.84 Å². The lowest BCUT2D eigenvalue weighted by Gasteiger charge is -2.23. The zero-order chi connectivity index (χ0) is 13.7. The first kappa shape index (κ1) is 14.4. The summed E-state index contributed by atoms with van der Waals surface area (Å²) in [4.78, 5) is 14.0. The number of nitrogen functional groups attached to an aromatic ring is 1. The van der Waals surface area contributed by atoms with Gasteiger partial charge in [-0.05, 0) is 20.8 Å². The maximum Gasteiger partial charge on any atom is 0.323 e. The van der Waals surface area contributed by atoms with Gasteiger partial charge in [-0.15, -0.1) is 0 Å². The fourth-order valence-corrected chi connectivity index (χ4v) is 1.15. The second-order valence-corrected chi connectivity index (χ2v) is 4.20. The van der Waals surface area contributed by atoms with Gasteiger partial charge in [0.1, 0.15) is 0 Å². The summed E-state index contributed by atoms with van der Waals surface area (Å²) < 4.78 is 5.41. The van der Waals surface area contributed by atoms with E-state index in [0.717, 1.165) is 0 Å². The molecule has 1 aromatic rings. The number of hydrazine groups is 1. The molecule has 18 heavy (non-hydrogen) atoms. The molecular weight excluding hydrogens is 236 g/mol. The minimum Gasteiger partial charge on any atom is -0.461 e. The van der Waals surface area contributed by atoms with E-state index in [-0.39, 0.29) is 30.7 Å². The van der Waals surface area contributed by atoms with Gasteiger partial charge in [-0.2, -0.15) is 15.0 Å². The monoisotopic (exact) mass is 256 g/mol. The number of hydrogen-bond acceptors (Lipinski definition) is 8. The zero-order valence-electron chi connectivity index (χ0n) is 11.1. The SMILES string of the molecule is CC(C)Oc1nc(NN)nc(N(C)C(C)CO)n1. The lowest BCUT2D eigenvalue weighted by atomic mass is 10.3. The van der Waals surface area contributed by atoms with Crippen molar-refractivity contribution >= 4 is 11.9 Å². The lowest BCUT2D eigenvalue weighted by Crippen LogP contribution is -2.33. The number of hydrogen-bond donors (Lipinski definition) is 3. The minimum atomic E-state index is -0.120. The summed E-state index contributed by atoms with van der Waals surface area (Å²) in [5, 5.41) is 9.12. The molecule has 0 spiro atoms. The number of likely N-dealkylation sites (N-methyl/N-ethyl adjacent to an activating group) is 1. The molecule has 0 bridgehead atoms. The van der Waals surface area contributed by atoms with Crippen LogP contribution >= 0.6 is 0 Å². The normalized spacial score (nSPS) is 12.4. The Hall–Kier alpha value is -1.67. The lowest BCUT2D eigenvalue weighted by molar-refractivity contribution is 0.221. The van der Waals surface area contributed by atoms with E-state index in [1.165, 1.54) is 0 Å². The Morgan fingerprint density at radius 2 is 2.00 bits per heavy atom. The van der Waals surface area contributed by atoms with Crippen LogP contribution in [0.2, 0.25) is 0 Å². The number of nitrogens with one attached hydrogen (secondary N) is 1. The molecule has 0 amide bonds. The number of rotatable bonds is 6. The third kappa shape index (κ3) is 3.67. The van der Waals surface area contributed by atoms with Crippen molar-refractivity contribution in [1.82, 2.24) is 15.0 Å². The first-order chi connectivity index (χ1) is 8.47. The molecule has 0 aliphatic carbocycles. The zero-order valence-corrected chi connectivity index (χ0v) is 11.1. The van der Waals surface area contributed by atoms with Gasteiger partial charge in [-0.3, -0.25) is 5.43 Å². The highest BCUT2D eigenvalue weighted by Crippen LogP contribution is 2.16. The summed E-state index contributed by atoms with van der Waals surface area (Å²) in [7, 11) is 1.77. The van der Waals surface area contributed by atoms with Gasteiger partial charge in [0.15, 0.2) is 0 Å². The van der Waals surface area contributed by atoms with Gasteiger partial charge >= 0.3 is 6.01 Å². The molecule has 4 N–H and O–H groups in total.